The second-order valence-electron chi connectivity index (χ2n) is 6.98. The van der Waals surface area contributed by atoms with Gasteiger partial charge in [0.15, 0.2) is 5.76 Å². The van der Waals surface area contributed by atoms with Crippen LogP contribution in [-0.4, -0.2) is 59.7 Å². The Bertz CT molecular complexity index is 1060. The smallest absolute Gasteiger partial charge is 0.235 e. The van der Waals surface area contributed by atoms with Crippen LogP contribution in [0.4, 0.5) is 0 Å². The highest BCUT2D eigenvalue weighted by molar-refractivity contribution is 5.81. The van der Waals surface area contributed by atoms with E-state index in [0.717, 1.165) is 0 Å². The van der Waals surface area contributed by atoms with Gasteiger partial charge >= 0.3 is 0 Å². The summed E-state index contributed by atoms with van der Waals surface area (Å²) in [6.45, 7) is -0.472. The SMILES string of the molecule is CO[C@H]1[C@H](O)[C@@H](O)[C@H](Oc2c(-c3ccccc3)oc3ccccc3c2=O)O[C@@H]1CO. The molecule has 1 aliphatic rings. The quantitative estimate of drug-likeness (QED) is 0.572. The average molecular weight is 414 g/mol. The molecular formula is C22H22O8. The molecule has 2 heterocycles. The predicted molar refractivity (Wildman–Crippen MR) is 107 cm³/mol. The molecular weight excluding hydrogens is 392 g/mol. The van der Waals surface area contributed by atoms with Crippen molar-refractivity contribution in [2.75, 3.05) is 13.7 Å². The lowest BCUT2D eigenvalue weighted by molar-refractivity contribution is -0.282. The molecule has 1 aromatic heterocycles. The van der Waals surface area contributed by atoms with Crippen molar-refractivity contribution in [1.29, 1.82) is 0 Å². The Morgan fingerprint density at radius 2 is 1.70 bits per heavy atom. The van der Waals surface area contributed by atoms with Gasteiger partial charge in [-0.3, -0.25) is 4.79 Å². The van der Waals surface area contributed by atoms with Gasteiger partial charge in [-0.15, -0.1) is 0 Å². The monoisotopic (exact) mass is 414 g/mol. The maximum Gasteiger partial charge on any atom is 0.235 e. The zero-order valence-corrected chi connectivity index (χ0v) is 16.2. The summed E-state index contributed by atoms with van der Waals surface area (Å²) < 4.78 is 22.5. The van der Waals surface area contributed by atoms with Gasteiger partial charge in [0.25, 0.3) is 0 Å². The standard InChI is InChI=1S/C22H22O8/c1-27-20-15(11-23)29-22(18(26)17(20)25)30-21-16(24)13-9-5-6-10-14(13)28-19(21)12-7-3-2-4-8-12/h2-10,15,17-18,20,22-23,25-26H,11H2,1H3/t15-,17-,18-,20-,22+/m1/s1. The Balaban J connectivity index is 1.80. The Morgan fingerprint density at radius 3 is 2.40 bits per heavy atom. The second kappa shape index (κ2) is 8.55. The molecule has 1 aliphatic heterocycles. The molecule has 1 fully saturated rings. The van der Waals surface area contributed by atoms with Crippen LogP contribution in [0, 0.1) is 0 Å². The molecule has 0 bridgehead atoms. The Hall–Kier alpha value is -2.75. The van der Waals surface area contributed by atoms with Crippen molar-refractivity contribution in [3.05, 3.63) is 64.8 Å². The maximum atomic E-state index is 13.2. The number of fused-ring (bicyclic) bond motifs is 1. The second-order valence-corrected chi connectivity index (χ2v) is 6.98. The van der Waals surface area contributed by atoms with Crippen LogP contribution >= 0.6 is 0 Å². The van der Waals surface area contributed by atoms with Gasteiger partial charge in [-0.25, -0.2) is 0 Å². The van der Waals surface area contributed by atoms with Crippen molar-refractivity contribution in [2.45, 2.75) is 30.7 Å². The lowest BCUT2D eigenvalue weighted by Gasteiger charge is -2.41. The van der Waals surface area contributed by atoms with Gasteiger partial charge in [-0.05, 0) is 12.1 Å². The van der Waals surface area contributed by atoms with Gasteiger partial charge in [0.1, 0.15) is 30.0 Å². The van der Waals surface area contributed by atoms with E-state index in [2.05, 4.69) is 0 Å². The van der Waals surface area contributed by atoms with E-state index in [0.29, 0.717) is 16.5 Å². The number of hydrogen-bond acceptors (Lipinski definition) is 8. The van der Waals surface area contributed by atoms with E-state index in [1.165, 1.54) is 7.11 Å². The number of hydrogen-bond donors (Lipinski definition) is 3. The molecule has 0 amide bonds. The fourth-order valence-corrected chi connectivity index (χ4v) is 3.57. The van der Waals surface area contributed by atoms with Gasteiger partial charge in [0, 0.05) is 12.7 Å². The summed E-state index contributed by atoms with van der Waals surface area (Å²) in [5, 5.41) is 30.7. The van der Waals surface area contributed by atoms with Gasteiger partial charge in [0.2, 0.25) is 17.5 Å². The highest BCUT2D eigenvalue weighted by Gasteiger charge is 2.46. The number of aliphatic hydroxyl groups excluding tert-OH is 3. The molecule has 158 valence electrons. The molecule has 3 N–H and O–H groups in total. The van der Waals surface area contributed by atoms with Crippen molar-refractivity contribution in [3.8, 4) is 17.1 Å². The minimum absolute atomic E-state index is 0.163. The van der Waals surface area contributed by atoms with Crippen molar-refractivity contribution < 1.29 is 33.9 Å². The molecule has 30 heavy (non-hydrogen) atoms. The van der Waals surface area contributed by atoms with Crippen molar-refractivity contribution in [1.82, 2.24) is 0 Å². The number of aliphatic hydroxyl groups is 3. The van der Waals surface area contributed by atoms with Gasteiger partial charge in [-0.1, -0.05) is 42.5 Å². The van der Waals surface area contributed by atoms with Gasteiger partial charge in [-0.2, -0.15) is 0 Å². The first-order valence-electron chi connectivity index (χ1n) is 9.48. The number of benzene rings is 2. The third-order valence-electron chi connectivity index (χ3n) is 5.12. The minimum atomic E-state index is -1.52. The van der Waals surface area contributed by atoms with E-state index in [1.807, 2.05) is 6.07 Å². The first-order chi connectivity index (χ1) is 14.5. The molecule has 0 saturated carbocycles. The molecule has 3 aromatic rings. The van der Waals surface area contributed by atoms with Crippen LogP contribution in [0.5, 0.6) is 5.75 Å². The summed E-state index contributed by atoms with van der Waals surface area (Å²) in [7, 11) is 1.33. The lowest BCUT2D eigenvalue weighted by atomic mass is 9.99. The van der Waals surface area contributed by atoms with E-state index in [-0.39, 0.29) is 11.5 Å². The highest BCUT2D eigenvalue weighted by Crippen LogP contribution is 2.33. The number of ether oxygens (including phenoxy) is 3. The molecule has 0 spiro atoms. The van der Waals surface area contributed by atoms with Crippen LogP contribution in [0.1, 0.15) is 0 Å². The maximum absolute atomic E-state index is 13.2. The van der Waals surface area contributed by atoms with Crippen molar-refractivity contribution in [3.63, 3.8) is 0 Å². The Labute approximate surface area is 171 Å². The molecule has 0 radical (unpaired) electrons. The average Bonchev–Trinajstić information content (AvgIpc) is 2.78. The third kappa shape index (κ3) is 3.60. The van der Waals surface area contributed by atoms with E-state index < -0.39 is 42.7 Å². The molecule has 8 nitrogen and oxygen atoms in total. The van der Waals surface area contributed by atoms with Crippen molar-refractivity contribution in [2.24, 2.45) is 0 Å². The van der Waals surface area contributed by atoms with E-state index in [9.17, 15) is 20.1 Å². The number of para-hydroxylation sites is 1. The molecule has 0 aliphatic carbocycles. The minimum Gasteiger partial charge on any atom is -0.454 e. The topological polar surface area (TPSA) is 119 Å². The van der Waals surface area contributed by atoms with Crippen molar-refractivity contribution >= 4 is 11.0 Å². The Kier molecular flexibility index (Phi) is 5.85. The van der Waals surface area contributed by atoms with Crippen LogP contribution < -0.4 is 10.2 Å². The molecule has 5 atom stereocenters. The summed E-state index contributed by atoms with van der Waals surface area (Å²) in [5.74, 6) is 0.00251. The van der Waals surface area contributed by atoms with Crippen LogP contribution in [-0.2, 0) is 9.47 Å². The third-order valence-corrected chi connectivity index (χ3v) is 5.12. The summed E-state index contributed by atoms with van der Waals surface area (Å²) in [6.07, 6.45) is -6.24. The molecule has 1 saturated heterocycles. The van der Waals surface area contributed by atoms with Crippen LogP contribution in [0.3, 0.4) is 0 Å². The summed E-state index contributed by atoms with van der Waals surface area (Å²) in [6, 6.07) is 15.6. The first kappa shape index (κ1) is 20.5. The molecule has 2 aromatic carbocycles. The number of methoxy groups -OCH3 is 1. The molecule has 8 heteroatoms. The lowest BCUT2D eigenvalue weighted by Crippen LogP contribution is -2.60. The summed E-state index contributed by atoms with van der Waals surface area (Å²) >= 11 is 0. The van der Waals surface area contributed by atoms with Gasteiger partial charge < -0.3 is 33.9 Å². The normalized spacial score (nSPS) is 26.6. The largest absolute Gasteiger partial charge is 0.454 e. The summed E-state index contributed by atoms with van der Waals surface area (Å²) in [4.78, 5) is 13.2. The molecule has 0 unspecified atom stereocenters. The van der Waals surface area contributed by atoms with E-state index in [1.54, 1.807) is 48.5 Å². The predicted octanol–water partition coefficient (Wildman–Crippen LogP) is 1.29. The number of rotatable bonds is 5. The fourth-order valence-electron chi connectivity index (χ4n) is 3.57. The fraction of sp³-hybridized carbons (Fsp3) is 0.318. The van der Waals surface area contributed by atoms with E-state index in [4.69, 9.17) is 18.6 Å². The molecule has 4 rings (SSSR count). The highest BCUT2D eigenvalue weighted by atomic mass is 16.7. The van der Waals surface area contributed by atoms with E-state index >= 15 is 0 Å². The Morgan fingerprint density at radius 1 is 1.00 bits per heavy atom. The van der Waals surface area contributed by atoms with Gasteiger partial charge in [0.05, 0.1) is 12.0 Å². The zero-order chi connectivity index (χ0) is 21.3. The van der Waals surface area contributed by atoms with Crippen LogP contribution in [0.2, 0.25) is 0 Å². The first-order valence-corrected chi connectivity index (χ1v) is 9.48. The van der Waals surface area contributed by atoms with Crippen LogP contribution in [0.25, 0.3) is 22.3 Å². The summed E-state index contributed by atoms with van der Waals surface area (Å²) in [5.41, 5.74) is 0.525. The zero-order valence-electron chi connectivity index (χ0n) is 16.2. The van der Waals surface area contributed by atoms with Crippen LogP contribution in [0.15, 0.2) is 63.8 Å².